The van der Waals surface area contributed by atoms with Crippen molar-refractivity contribution in [3.63, 3.8) is 0 Å². The minimum Gasteiger partial charge on any atom is -0.497 e. The Balaban J connectivity index is 0.000000470. The number of nitrogen functional groups attached to an aromatic ring is 1. The summed E-state index contributed by atoms with van der Waals surface area (Å²) in [5.74, 6) is -1.89. The van der Waals surface area contributed by atoms with E-state index in [4.69, 9.17) is 20.4 Å². The Morgan fingerprint density at radius 2 is 1.90 bits per heavy atom. The van der Waals surface area contributed by atoms with E-state index in [1.54, 1.807) is 53.8 Å². The van der Waals surface area contributed by atoms with Crippen LogP contribution < -0.4 is 15.2 Å². The minimum absolute atomic E-state index is 0.113. The van der Waals surface area contributed by atoms with E-state index in [9.17, 15) is 26.4 Å². The third-order valence-electron chi connectivity index (χ3n) is 6.04. The highest BCUT2D eigenvalue weighted by Gasteiger charge is 2.38. The van der Waals surface area contributed by atoms with Crippen LogP contribution in [0.2, 0.25) is 0 Å². The molecule has 15 heteroatoms. The first-order valence-corrected chi connectivity index (χ1v) is 13.9. The number of carboxylic acid groups (broad SMARTS) is 1. The van der Waals surface area contributed by atoms with Gasteiger partial charge in [-0.05, 0) is 53.6 Å². The van der Waals surface area contributed by atoms with E-state index in [1.807, 2.05) is 24.3 Å². The third kappa shape index (κ3) is 6.43. The van der Waals surface area contributed by atoms with Gasteiger partial charge in [0.1, 0.15) is 17.6 Å². The number of halogens is 3. The van der Waals surface area contributed by atoms with Gasteiger partial charge in [-0.25, -0.2) is 18.2 Å². The molecule has 3 heterocycles. The highest BCUT2D eigenvalue weighted by atomic mass is 32.2. The van der Waals surface area contributed by atoms with E-state index in [1.165, 1.54) is 0 Å². The summed E-state index contributed by atoms with van der Waals surface area (Å²) in [6.45, 7) is 0.883. The first-order chi connectivity index (χ1) is 18.8. The summed E-state index contributed by atoms with van der Waals surface area (Å²) in [5, 5.41) is 9.64. The number of hydrogen-bond acceptors (Lipinski definition) is 8. The highest BCUT2D eigenvalue weighted by Crippen LogP contribution is 2.30. The van der Waals surface area contributed by atoms with E-state index in [2.05, 4.69) is 9.71 Å². The monoisotopic (exact) mass is 596 g/mol. The van der Waals surface area contributed by atoms with Gasteiger partial charge >= 0.3 is 12.1 Å². The Bertz CT molecular complexity index is 1690. The van der Waals surface area contributed by atoms with Crippen LogP contribution in [-0.2, 0) is 26.2 Å². The van der Waals surface area contributed by atoms with Crippen molar-refractivity contribution in [2.75, 3.05) is 19.4 Å². The van der Waals surface area contributed by atoms with Crippen LogP contribution in [0.25, 0.3) is 20.9 Å². The third-order valence-corrected chi connectivity index (χ3v) is 8.59. The zero-order chi connectivity index (χ0) is 29.2. The van der Waals surface area contributed by atoms with Gasteiger partial charge in [-0.1, -0.05) is 12.1 Å². The molecule has 0 spiro atoms. The van der Waals surface area contributed by atoms with E-state index in [0.717, 1.165) is 25.7 Å². The number of aliphatic carboxylic acids is 1. The molecule has 1 unspecified atom stereocenters. The van der Waals surface area contributed by atoms with Gasteiger partial charge < -0.3 is 20.5 Å². The number of nitrogens with two attached hydrogens (primary N) is 1. The summed E-state index contributed by atoms with van der Waals surface area (Å²) >= 11 is 1.55. The fourth-order valence-electron chi connectivity index (χ4n) is 4.06. The molecule has 0 aliphatic carbocycles. The van der Waals surface area contributed by atoms with Gasteiger partial charge in [-0.3, -0.25) is 4.79 Å². The van der Waals surface area contributed by atoms with Gasteiger partial charge in [0.15, 0.2) is 0 Å². The van der Waals surface area contributed by atoms with Crippen molar-refractivity contribution in [2.45, 2.75) is 30.1 Å². The Kier molecular flexibility index (Phi) is 8.18. The first-order valence-electron chi connectivity index (χ1n) is 11.6. The lowest BCUT2D eigenvalue weighted by Crippen LogP contribution is -2.41. The van der Waals surface area contributed by atoms with Gasteiger partial charge in [0.05, 0.1) is 18.6 Å². The van der Waals surface area contributed by atoms with Gasteiger partial charge in [0.25, 0.3) is 0 Å². The number of benzene rings is 2. The lowest BCUT2D eigenvalue weighted by molar-refractivity contribution is -0.192. The van der Waals surface area contributed by atoms with E-state index in [-0.39, 0.29) is 10.8 Å². The predicted octanol–water partition coefficient (Wildman–Crippen LogP) is 3.75. The van der Waals surface area contributed by atoms with Crippen molar-refractivity contribution < 1.29 is 41.0 Å². The van der Waals surface area contributed by atoms with E-state index in [0.29, 0.717) is 31.1 Å². The number of nitrogens with zero attached hydrogens (tertiary/aromatic N) is 2. The molecule has 212 valence electrons. The van der Waals surface area contributed by atoms with E-state index >= 15 is 0 Å². The molecule has 10 nitrogen and oxygen atoms in total. The molecule has 1 aliphatic heterocycles. The molecular weight excluding hydrogens is 573 g/mol. The molecule has 1 atom stereocenters. The lowest BCUT2D eigenvalue weighted by Gasteiger charge is -2.16. The molecule has 0 bridgehead atoms. The largest absolute Gasteiger partial charge is 0.497 e. The number of carbonyl (C=O) groups is 2. The van der Waals surface area contributed by atoms with Crippen molar-refractivity contribution >= 4 is 59.9 Å². The molecule has 0 saturated carbocycles. The standard InChI is InChI=1S/C23H22N4O4S2.C2HF3O2/c1-31-16-4-2-14-3-5-18(11-15(14)10-16)33(29,30)26-20-7-9-27(23(20)28)13-17-12-19-21(32-17)6-8-25-22(19)24;3-2(4,5)1(6)7/h2-6,8,10-12,20,26H,7,9,13H2,1H3,(H2,24,25);(H,6,7). The Morgan fingerprint density at radius 1 is 1.20 bits per heavy atom. The Morgan fingerprint density at radius 3 is 2.55 bits per heavy atom. The maximum absolute atomic E-state index is 13.0. The fraction of sp³-hybridized carbons (Fsp3) is 0.240. The van der Waals surface area contributed by atoms with Crippen molar-refractivity contribution in [3.05, 3.63) is 59.6 Å². The number of carboxylic acids is 1. The zero-order valence-electron chi connectivity index (χ0n) is 20.8. The average molecular weight is 597 g/mol. The Hall–Kier alpha value is -3.95. The smallest absolute Gasteiger partial charge is 0.490 e. The molecular formula is C25H23F3N4O6S2. The summed E-state index contributed by atoms with van der Waals surface area (Å²) in [6, 6.07) is 13.4. The van der Waals surface area contributed by atoms with Gasteiger partial charge in [-0.2, -0.15) is 17.9 Å². The topological polar surface area (TPSA) is 152 Å². The highest BCUT2D eigenvalue weighted by molar-refractivity contribution is 7.89. The van der Waals surface area contributed by atoms with Gasteiger partial charge in [-0.15, -0.1) is 11.3 Å². The van der Waals surface area contributed by atoms with Crippen LogP contribution in [0.4, 0.5) is 19.0 Å². The number of methoxy groups -OCH3 is 1. The molecule has 2 aromatic heterocycles. The van der Waals surface area contributed by atoms with Gasteiger partial charge in [0, 0.05) is 27.7 Å². The minimum atomic E-state index is -5.08. The molecule has 4 aromatic rings. The number of anilines is 1. The van der Waals surface area contributed by atoms with Crippen LogP contribution in [0.5, 0.6) is 5.75 Å². The molecule has 1 fully saturated rings. The SMILES string of the molecule is COc1ccc2ccc(S(=O)(=O)NC3CCN(Cc4cc5c(N)nccc5s4)C3=O)cc2c1.O=C(O)C(F)(F)F. The maximum atomic E-state index is 13.0. The lowest BCUT2D eigenvalue weighted by atomic mass is 10.1. The zero-order valence-corrected chi connectivity index (χ0v) is 22.4. The van der Waals surface area contributed by atoms with Crippen LogP contribution in [0.1, 0.15) is 11.3 Å². The number of likely N-dealkylation sites (tertiary alicyclic amines) is 1. The van der Waals surface area contributed by atoms with Crippen molar-refractivity contribution in [1.29, 1.82) is 0 Å². The van der Waals surface area contributed by atoms with Crippen LogP contribution in [-0.4, -0.2) is 61.2 Å². The van der Waals surface area contributed by atoms with Crippen LogP contribution in [0.3, 0.4) is 0 Å². The number of ether oxygens (including phenoxy) is 1. The number of carbonyl (C=O) groups excluding carboxylic acids is 1. The second-order valence-electron chi connectivity index (χ2n) is 8.72. The number of amides is 1. The second-order valence-corrected chi connectivity index (χ2v) is 11.6. The molecule has 0 radical (unpaired) electrons. The molecule has 4 N–H and O–H groups in total. The molecule has 2 aromatic carbocycles. The summed E-state index contributed by atoms with van der Waals surface area (Å²) in [7, 11) is -2.31. The number of hydrogen-bond donors (Lipinski definition) is 3. The number of sulfonamides is 1. The molecule has 5 rings (SSSR count). The quantitative estimate of drug-likeness (QED) is 0.304. The van der Waals surface area contributed by atoms with Crippen LogP contribution >= 0.6 is 11.3 Å². The number of fused-ring (bicyclic) bond motifs is 2. The molecule has 1 amide bonds. The Labute approximate surface area is 230 Å². The second kappa shape index (κ2) is 11.3. The maximum Gasteiger partial charge on any atom is 0.490 e. The summed E-state index contributed by atoms with van der Waals surface area (Å²) < 4.78 is 66.6. The predicted molar refractivity (Wildman–Crippen MR) is 142 cm³/mol. The van der Waals surface area contributed by atoms with E-state index < -0.39 is 28.2 Å². The van der Waals surface area contributed by atoms with Crippen molar-refractivity contribution in [1.82, 2.24) is 14.6 Å². The first kappa shape index (κ1) is 29.0. The average Bonchev–Trinajstić information content (AvgIpc) is 3.47. The number of pyridine rings is 1. The van der Waals surface area contributed by atoms with Crippen molar-refractivity contribution in [3.8, 4) is 5.75 Å². The molecule has 1 aliphatic rings. The number of thiophene rings is 1. The number of rotatable bonds is 6. The summed E-state index contributed by atoms with van der Waals surface area (Å²) in [6.07, 6.45) is -3.01. The summed E-state index contributed by atoms with van der Waals surface area (Å²) in [4.78, 5) is 28.7. The van der Waals surface area contributed by atoms with Crippen LogP contribution in [0, 0.1) is 0 Å². The molecule has 40 heavy (non-hydrogen) atoms. The summed E-state index contributed by atoms with van der Waals surface area (Å²) in [5.41, 5.74) is 5.93. The van der Waals surface area contributed by atoms with Gasteiger partial charge in [0.2, 0.25) is 15.9 Å². The number of alkyl halides is 3. The molecule has 1 saturated heterocycles. The number of nitrogens with one attached hydrogen (secondary N) is 1. The van der Waals surface area contributed by atoms with Crippen LogP contribution in [0.15, 0.2) is 59.6 Å². The van der Waals surface area contributed by atoms with Crippen molar-refractivity contribution in [2.24, 2.45) is 0 Å². The normalized spacial score (nSPS) is 15.8. The number of aromatic nitrogens is 1. The fourth-order valence-corrected chi connectivity index (χ4v) is 6.40.